The number of hydrogen-bond donors (Lipinski definition) is 1. The van der Waals surface area contributed by atoms with Crippen molar-refractivity contribution in [3.63, 3.8) is 0 Å². The zero-order valence-corrected chi connectivity index (χ0v) is 19.1. The van der Waals surface area contributed by atoms with Crippen LogP contribution in [0.2, 0.25) is 0 Å². The number of amides is 1. The van der Waals surface area contributed by atoms with Crippen molar-refractivity contribution in [1.29, 1.82) is 0 Å². The molecule has 9 heteroatoms. The van der Waals surface area contributed by atoms with Crippen LogP contribution in [0.3, 0.4) is 0 Å². The molecule has 0 atom stereocenters. The van der Waals surface area contributed by atoms with E-state index in [9.17, 15) is 18.0 Å². The number of aryl methyl sites for hydroxylation is 1. The number of nitrogens with one attached hydrogen (secondary N) is 1. The van der Waals surface area contributed by atoms with E-state index in [-0.39, 0.29) is 34.8 Å². The first-order valence-electron chi connectivity index (χ1n) is 10.4. The molecule has 0 aromatic heterocycles. The minimum Gasteiger partial charge on any atom is -0.465 e. The molecule has 3 aromatic carbocycles. The lowest BCUT2D eigenvalue weighted by Gasteiger charge is -2.26. The summed E-state index contributed by atoms with van der Waals surface area (Å²) in [7, 11) is -2.51. The van der Waals surface area contributed by atoms with Gasteiger partial charge in [0, 0.05) is 18.7 Å². The highest BCUT2D eigenvalue weighted by atomic mass is 32.2. The van der Waals surface area contributed by atoms with E-state index in [1.54, 1.807) is 31.2 Å². The number of fused-ring (bicyclic) bond motifs is 1. The van der Waals surface area contributed by atoms with Crippen molar-refractivity contribution >= 4 is 38.4 Å². The van der Waals surface area contributed by atoms with E-state index in [1.165, 1.54) is 17.5 Å². The monoisotopic (exact) mass is 468 g/mol. The molecular formula is C24H24N2O6S. The Morgan fingerprint density at radius 3 is 2.33 bits per heavy atom. The molecule has 0 aliphatic carbocycles. The number of esters is 1. The van der Waals surface area contributed by atoms with Gasteiger partial charge in [-0.1, -0.05) is 30.3 Å². The van der Waals surface area contributed by atoms with E-state index >= 15 is 0 Å². The maximum atomic E-state index is 13.1. The van der Waals surface area contributed by atoms with Gasteiger partial charge >= 0.3 is 5.97 Å². The normalized spacial score (nSPS) is 14.7. The molecule has 0 saturated carbocycles. The van der Waals surface area contributed by atoms with Gasteiger partial charge in [0.05, 0.1) is 36.5 Å². The first kappa shape index (κ1) is 22.9. The minimum atomic E-state index is -3.78. The molecule has 33 heavy (non-hydrogen) atoms. The second-order valence-corrected chi connectivity index (χ2v) is 9.59. The van der Waals surface area contributed by atoms with Crippen LogP contribution in [-0.2, 0) is 19.5 Å². The Bertz CT molecular complexity index is 1330. The quantitative estimate of drug-likeness (QED) is 0.577. The number of methoxy groups -OCH3 is 1. The third-order valence-electron chi connectivity index (χ3n) is 5.58. The number of hydrogen-bond acceptors (Lipinski definition) is 6. The van der Waals surface area contributed by atoms with E-state index < -0.39 is 21.9 Å². The molecule has 0 spiro atoms. The molecule has 1 amide bonds. The van der Waals surface area contributed by atoms with Crippen molar-refractivity contribution < 1.29 is 27.5 Å². The molecule has 1 fully saturated rings. The van der Waals surface area contributed by atoms with Gasteiger partial charge < -0.3 is 14.8 Å². The van der Waals surface area contributed by atoms with Crippen LogP contribution in [0.1, 0.15) is 26.3 Å². The van der Waals surface area contributed by atoms with Crippen LogP contribution in [0.25, 0.3) is 10.8 Å². The standard InChI is InChI=1S/C24H24N2O6S/c1-16-7-8-19(15-22(16)33(29,30)26-9-11-32-12-10-26)23(27)25-21-14-18-6-4-3-5-17(18)13-20(21)24(28)31-2/h3-8,13-15H,9-12H2,1-2H3,(H,25,27). The molecule has 1 aliphatic rings. The molecule has 1 heterocycles. The summed E-state index contributed by atoms with van der Waals surface area (Å²) >= 11 is 0. The first-order valence-corrected chi connectivity index (χ1v) is 11.9. The highest BCUT2D eigenvalue weighted by Crippen LogP contribution is 2.27. The molecule has 1 aliphatic heterocycles. The van der Waals surface area contributed by atoms with Crippen molar-refractivity contribution in [3.05, 3.63) is 71.3 Å². The van der Waals surface area contributed by atoms with Gasteiger partial charge in [-0.3, -0.25) is 4.79 Å². The summed E-state index contributed by atoms with van der Waals surface area (Å²) in [6, 6.07) is 15.3. The third kappa shape index (κ3) is 4.61. The summed E-state index contributed by atoms with van der Waals surface area (Å²) in [5.41, 5.74) is 1.19. The minimum absolute atomic E-state index is 0.0729. The predicted octanol–water partition coefficient (Wildman–Crippen LogP) is 3.21. The van der Waals surface area contributed by atoms with Crippen molar-refractivity contribution in [2.24, 2.45) is 0 Å². The fourth-order valence-corrected chi connectivity index (χ4v) is 5.42. The van der Waals surface area contributed by atoms with Gasteiger partial charge in [0.2, 0.25) is 10.0 Å². The fourth-order valence-electron chi connectivity index (χ4n) is 3.76. The molecule has 3 aromatic rings. The van der Waals surface area contributed by atoms with Crippen LogP contribution < -0.4 is 5.32 Å². The molecule has 8 nitrogen and oxygen atoms in total. The lowest BCUT2D eigenvalue weighted by Crippen LogP contribution is -2.40. The number of benzene rings is 3. The molecule has 0 radical (unpaired) electrons. The highest BCUT2D eigenvalue weighted by molar-refractivity contribution is 7.89. The molecule has 1 N–H and O–H groups in total. The molecule has 1 saturated heterocycles. The Labute approximate surface area is 192 Å². The fraction of sp³-hybridized carbons (Fsp3) is 0.250. The SMILES string of the molecule is COC(=O)c1cc2ccccc2cc1NC(=O)c1ccc(C)c(S(=O)(=O)N2CCOCC2)c1. The summed E-state index contributed by atoms with van der Waals surface area (Å²) in [5, 5.41) is 4.40. The van der Waals surface area contributed by atoms with Crippen LogP contribution in [-0.4, -0.2) is 58.0 Å². The zero-order valence-electron chi connectivity index (χ0n) is 18.3. The third-order valence-corrected chi connectivity index (χ3v) is 7.62. The summed E-state index contributed by atoms with van der Waals surface area (Å²) in [6.45, 7) is 2.87. The number of carbonyl (C=O) groups excluding carboxylic acids is 2. The zero-order chi connectivity index (χ0) is 23.6. The Morgan fingerprint density at radius 1 is 1.00 bits per heavy atom. The smallest absolute Gasteiger partial charge is 0.339 e. The lowest BCUT2D eigenvalue weighted by molar-refractivity contribution is 0.0602. The summed E-state index contributed by atoms with van der Waals surface area (Å²) in [4.78, 5) is 25.5. The van der Waals surface area contributed by atoms with Gasteiger partial charge in [-0.15, -0.1) is 0 Å². The molecule has 0 bridgehead atoms. The van der Waals surface area contributed by atoms with Gasteiger partial charge in [0.15, 0.2) is 0 Å². The van der Waals surface area contributed by atoms with Crippen LogP contribution in [0, 0.1) is 6.92 Å². The van der Waals surface area contributed by atoms with Gasteiger partial charge in [-0.2, -0.15) is 4.31 Å². The number of morpholine rings is 1. The number of nitrogens with zero attached hydrogens (tertiary/aromatic N) is 1. The Kier molecular flexibility index (Phi) is 6.46. The van der Waals surface area contributed by atoms with Crippen molar-refractivity contribution in [2.75, 3.05) is 38.7 Å². The molecule has 0 unspecified atom stereocenters. The summed E-state index contributed by atoms with van der Waals surface area (Å²) in [6.07, 6.45) is 0. The molecular weight excluding hydrogens is 444 g/mol. The summed E-state index contributed by atoms with van der Waals surface area (Å²) < 4.78 is 37.8. The van der Waals surface area contributed by atoms with Crippen molar-refractivity contribution in [3.8, 4) is 0 Å². The van der Waals surface area contributed by atoms with E-state index in [0.717, 1.165) is 10.8 Å². The van der Waals surface area contributed by atoms with Gasteiger partial charge in [0.25, 0.3) is 5.91 Å². The van der Waals surface area contributed by atoms with E-state index in [4.69, 9.17) is 9.47 Å². The first-order chi connectivity index (χ1) is 15.8. The number of rotatable bonds is 5. The van der Waals surface area contributed by atoms with Crippen LogP contribution >= 0.6 is 0 Å². The number of anilines is 1. The average Bonchev–Trinajstić information content (AvgIpc) is 2.83. The average molecular weight is 469 g/mol. The van der Waals surface area contributed by atoms with Crippen LogP contribution in [0.5, 0.6) is 0 Å². The predicted molar refractivity (Wildman–Crippen MR) is 124 cm³/mol. The Balaban J connectivity index is 1.69. The van der Waals surface area contributed by atoms with E-state index in [0.29, 0.717) is 18.8 Å². The highest BCUT2D eigenvalue weighted by Gasteiger charge is 2.28. The largest absolute Gasteiger partial charge is 0.465 e. The van der Waals surface area contributed by atoms with E-state index in [1.807, 2.05) is 24.3 Å². The second kappa shape index (κ2) is 9.30. The maximum absolute atomic E-state index is 13.1. The van der Waals surface area contributed by atoms with Crippen LogP contribution in [0.15, 0.2) is 59.5 Å². The maximum Gasteiger partial charge on any atom is 0.339 e. The summed E-state index contributed by atoms with van der Waals surface area (Å²) in [5.74, 6) is -1.12. The van der Waals surface area contributed by atoms with Crippen LogP contribution in [0.4, 0.5) is 5.69 Å². The van der Waals surface area contributed by atoms with Gasteiger partial charge in [-0.25, -0.2) is 13.2 Å². The lowest BCUT2D eigenvalue weighted by atomic mass is 10.0. The van der Waals surface area contributed by atoms with Crippen molar-refractivity contribution in [1.82, 2.24) is 4.31 Å². The number of carbonyl (C=O) groups is 2. The van der Waals surface area contributed by atoms with Gasteiger partial charge in [0.1, 0.15) is 0 Å². The van der Waals surface area contributed by atoms with Crippen molar-refractivity contribution in [2.45, 2.75) is 11.8 Å². The van der Waals surface area contributed by atoms with Gasteiger partial charge in [-0.05, 0) is 47.5 Å². The van der Waals surface area contributed by atoms with E-state index in [2.05, 4.69) is 5.32 Å². The number of ether oxygens (including phenoxy) is 2. The second-order valence-electron chi connectivity index (χ2n) is 7.69. The number of sulfonamides is 1. The molecule has 172 valence electrons. The topological polar surface area (TPSA) is 102 Å². The Hall–Kier alpha value is -3.27. The molecule has 4 rings (SSSR count). The Morgan fingerprint density at radius 2 is 1.67 bits per heavy atom.